The number of para-hydroxylation sites is 1. The van der Waals surface area contributed by atoms with E-state index >= 15 is 0 Å². The lowest BCUT2D eigenvalue weighted by Gasteiger charge is -2.09. The molecule has 1 amide bonds. The maximum absolute atomic E-state index is 12.0. The zero-order valence-electron chi connectivity index (χ0n) is 13.9. The molecule has 1 aromatic heterocycles. The first-order chi connectivity index (χ1) is 12.3. The minimum atomic E-state index is -0.0784. The first-order valence-electron chi connectivity index (χ1n) is 8.02. The van der Waals surface area contributed by atoms with Crippen molar-refractivity contribution in [3.8, 4) is 17.2 Å². The molecular weight excluding hydrogens is 318 g/mol. The second-order valence-corrected chi connectivity index (χ2v) is 5.46. The van der Waals surface area contributed by atoms with Crippen molar-refractivity contribution < 1.29 is 13.9 Å². The number of carbonyl (C=O) groups excluding carboxylic acids is 1. The number of hydrogen-bond donors (Lipinski definition) is 1. The molecule has 6 nitrogen and oxygen atoms in total. The van der Waals surface area contributed by atoms with Crippen LogP contribution < -0.4 is 10.1 Å². The normalized spacial score (nSPS) is 10.4. The summed E-state index contributed by atoms with van der Waals surface area (Å²) in [6, 6.07) is 17.1. The summed E-state index contributed by atoms with van der Waals surface area (Å²) in [4.78, 5) is 12.0. The molecule has 0 radical (unpaired) electrons. The molecule has 0 saturated carbocycles. The van der Waals surface area contributed by atoms with Crippen LogP contribution in [0.4, 0.5) is 0 Å². The first kappa shape index (κ1) is 16.7. The van der Waals surface area contributed by atoms with Crippen LogP contribution in [-0.4, -0.2) is 23.2 Å². The molecule has 3 rings (SSSR count). The summed E-state index contributed by atoms with van der Waals surface area (Å²) < 4.78 is 10.9. The van der Waals surface area contributed by atoms with Crippen molar-refractivity contribution in [1.82, 2.24) is 15.5 Å². The molecule has 3 aromatic rings. The van der Waals surface area contributed by atoms with Gasteiger partial charge in [0.2, 0.25) is 17.7 Å². The topological polar surface area (TPSA) is 77.2 Å². The van der Waals surface area contributed by atoms with Crippen molar-refractivity contribution in [2.45, 2.75) is 19.4 Å². The number of aromatic nitrogens is 2. The fourth-order valence-corrected chi connectivity index (χ4v) is 2.40. The standard InChI is InChI=1S/C19H19N3O3/c1-24-16-10-6-5-9-15(16)13-20-17(23)11-12-18-21-22-19(25-18)14-7-3-2-4-8-14/h2-10H,11-13H2,1H3,(H,20,23). The number of carbonyl (C=O) groups is 1. The maximum atomic E-state index is 12.0. The number of nitrogens with one attached hydrogen (secondary N) is 1. The minimum Gasteiger partial charge on any atom is -0.496 e. The van der Waals surface area contributed by atoms with Gasteiger partial charge in [-0.25, -0.2) is 0 Å². The third kappa shape index (κ3) is 4.44. The Morgan fingerprint density at radius 1 is 1.08 bits per heavy atom. The minimum absolute atomic E-state index is 0.0784. The van der Waals surface area contributed by atoms with Gasteiger partial charge in [0, 0.05) is 30.5 Å². The molecule has 6 heteroatoms. The van der Waals surface area contributed by atoms with Gasteiger partial charge in [-0.3, -0.25) is 4.79 Å². The van der Waals surface area contributed by atoms with Gasteiger partial charge in [0.25, 0.3) is 0 Å². The van der Waals surface area contributed by atoms with Gasteiger partial charge in [-0.15, -0.1) is 10.2 Å². The number of amides is 1. The van der Waals surface area contributed by atoms with Gasteiger partial charge >= 0.3 is 0 Å². The zero-order chi connectivity index (χ0) is 17.5. The molecule has 128 valence electrons. The van der Waals surface area contributed by atoms with Crippen LogP contribution in [0, 0.1) is 0 Å². The summed E-state index contributed by atoms with van der Waals surface area (Å²) in [7, 11) is 1.61. The molecule has 0 saturated heterocycles. The Morgan fingerprint density at radius 3 is 2.64 bits per heavy atom. The molecule has 0 atom stereocenters. The molecule has 0 aliphatic heterocycles. The molecule has 25 heavy (non-hydrogen) atoms. The third-order valence-electron chi connectivity index (χ3n) is 3.72. The van der Waals surface area contributed by atoms with E-state index in [4.69, 9.17) is 9.15 Å². The van der Waals surface area contributed by atoms with Crippen molar-refractivity contribution in [1.29, 1.82) is 0 Å². The number of nitrogens with zero attached hydrogens (tertiary/aromatic N) is 2. The Labute approximate surface area is 145 Å². The zero-order valence-corrected chi connectivity index (χ0v) is 13.9. The van der Waals surface area contributed by atoms with Gasteiger partial charge in [0.1, 0.15) is 5.75 Å². The Morgan fingerprint density at radius 2 is 1.84 bits per heavy atom. The van der Waals surface area contributed by atoms with E-state index in [1.807, 2.05) is 54.6 Å². The van der Waals surface area contributed by atoms with Crippen LogP contribution in [-0.2, 0) is 17.8 Å². The highest BCUT2D eigenvalue weighted by atomic mass is 16.5. The summed E-state index contributed by atoms with van der Waals surface area (Å²) in [5, 5.41) is 10.9. The van der Waals surface area contributed by atoms with Crippen LogP contribution in [0.25, 0.3) is 11.5 Å². The summed E-state index contributed by atoms with van der Waals surface area (Å²) in [5.74, 6) is 1.59. The SMILES string of the molecule is COc1ccccc1CNC(=O)CCc1nnc(-c2ccccc2)o1. The number of hydrogen-bond acceptors (Lipinski definition) is 5. The number of benzene rings is 2. The van der Waals surface area contributed by atoms with Crippen molar-refractivity contribution in [3.05, 3.63) is 66.1 Å². The molecular formula is C19H19N3O3. The summed E-state index contributed by atoms with van der Waals surface area (Å²) in [6.07, 6.45) is 0.684. The highest BCUT2D eigenvalue weighted by Gasteiger charge is 2.11. The highest BCUT2D eigenvalue weighted by molar-refractivity contribution is 5.76. The smallest absolute Gasteiger partial charge is 0.247 e. The lowest BCUT2D eigenvalue weighted by molar-refractivity contribution is -0.121. The summed E-state index contributed by atoms with van der Waals surface area (Å²) >= 11 is 0. The Bertz CT molecular complexity index is 831. The summed E-state index contributed by atoms with van der Waals surface area (Å²) in [5.41, 5.74) is 1.80. The van der Waals surface area contributed by atoms with Gasteiger partial charge in [-0.1, -0.05) is 36.4 Å². The molecule has 1 N–H and O–H groups in total. The van der Waals surface area contributed by atoms with Crippen LogP contribution in [0.3, 0.4) is 0 Å². The molecule has 0 unspecified atom stereocenters. The van der Waals surface area contributed by atoms with E-state index in [1.165, 1.54) is 0 Å². The van der Waals surface area contributed by atoms with Crippen molar-refractivity contribution in [3.63, 3.8) is 0 Å². The van der Waals surface area contributed by atoms with Gasteiger partial charge < -0.3 is 14.5 Å². The van der Waals surface area contributed by atoms with Gasteiger partial charge in [-0.2, -0.15) is 0 Å². The largest absolute Gasteiger partial charge is 0.496 e. The molecule has 0 aliphatic rings. The van der Waals surface area contributed by atoms with E-state index in [-0.39, 0.29) is 12.3 Å². The molecule has 2 aromatic carbocycles. The Balaban J connectivity index is 1.50. The fourth-order valence-electron chi connectivity index (χ4n) is 2.40. The summed E-state index contributed by atoms with van der Waals surface area (Å²) in [6.45, 7) is 0.419. The molecule has 1 heterocycles. The lowest BCUT2D eigenvalue weighted by Crippen LogP contribution is -2.23. The van der Waals surface area contributed by atoms with E-state index in [1.54, 1.807) is 7.11 Å². The van der Waals surface area contributed by atoms with E-state index in [9.17, 15) is 4.79 Å². The van der Waals surface area contributed by atoms with Crippen LogP contribution >= 0.6 is 0 Å². The predicted octanol–water partition coefficient (Wildman–Crippen LogP) is 2.99. The average molecular weight is 337 g/mol. The van der Waals surface area contributed by atoms with Crippen LogP contribution in [0.15, 0.2) is 59.0 Å². The van der Waals surface area contributed by atoms with Crippen molar-refractivity contribution in [2.24, 2.45) is 0 Å². The fraction of sp³-hybridized carbons (Fsp3) is 0.211. The molecule has 0 aliphatic carbocycles. The van der Waals surface area contributed by atoms with E-state index in [2.05, 4.69) is 15.5 Å². The average Bonchev–Trinajstić information content (AvgIpc) is 3.14. The van der Waals surface area contributed by atoms with E-state index in [0.29, 0.717) is 24.7 Å². The number of methoxy groups -OCH3 is 1. The second kappa shape index (κ2) is 8.10. The number of ether oxygens (including phenoxy) is 1. The molecule has 0 spiro atoms. The van der Waals surface area contributed by atoms with Crippen LogP contribution in [0.5, 0.6) is 5.75 Å². The lowest BCUT2D eigenvalue weighted by atomic mass is 10.2. The number of rotatable bonds is 7. The van der Waals surface area contributed by atoms with Gasteiger partial charge in [0.05, 0.1) is 7.11 Å². The van der Waals surface area contributed by atoms with E-state index in [0.717, 1.165) is 16.9 Å². The number of aryl methyl sites for hydroxylation is 1. The van der Waals surface area contributed by atoms with Crippen molar-refractivity contribution >= 4 is 5.91 Å². The highest BCUT2D eigenvalue weighted by Crippen LogP contribution is 2.18. The van der Waals surface area contributed by atoms with E-state index < -0.39 is 0 Å². The second-order valence-electron chi connectivity index (χ2n) is 5.46. The van der Waals surface area contributed by atoms with Gasteiger partial charge in [-0.05, 0) is 18.2 Å². The maximum Gasteiger partial charge on any atom is 0.247 e. The monoisotopic (exact) mass is 337 g/mol. The van der Waals surface area contributed by atoms with Gasteiger partial charge in [0.15, 0.2) is 0 Å². The quantitative estimate of drug-likeness (QED) is 0.717. The molecule has 0 fully saturated rings. The van der Waals surface area contributed by atoms with Crippen LogP contribution in [0.1, 0.15) is 17.9 Å². The first-order valence-corrected chi connectivity index (χ1v) is 8.02. The Kier molecular flexibility index (Phi) is 5.41. The van der Waals surface area contributed by atoms with Crippen LogP contribution in [0.2, 0.25) is 0 Å². The molecule has 0 bridgehead atoms. The van der Waals surface area contributed by atoms with Crippen molar-refractivity contribution in [2.75, 3.05) is 7.11 Å². The third-order valence-corrected chi connectivity index (χ3v) is 3.72. The Hall–Kier alpha value is -3.15. The predicted molar refractivity (Wildman–Crippen MR) is 92.9 cm³/mol.